The molecule has 0 saturated heterocycles. The second kappa shape index (κ2) is 5.65. The number of methoxy groups -OCH3 is 1. The molecule has 1 aromatic carbocycles. The predicted molar refractivity (Wildman–Crippen MR) is 88.1 cm³/mol. The first kappa shape index (κ1) is 13.2. The second-order valence-corrected chi connectivity index (χ2v) is 7.49. The fraction of sp³-hybridized carbons (Fsp3) is 0.200. The van der Waals surface area contributed by atoms with Crippen LogP contribution in [0.4, 0.5) is 0 Å². The lowest BCUT2D eigenvalue weighted by Gasteiger charge is -2.09. The molecular weight excluding hydrogens is 340 g/mol. The van der Waals surface area contributed by atoms with Gasteiger partial charge in [-0.3, -0.25) is 0 Å². The van der Waals surface area contributed by atoms with E-state index >= 15 is 0 Å². The lowest BCUT2D eigenvalue weighted by atomic mass is 10.1. The molecule has 0 fully saturated rings. The molecule has 2 aromatic heterocycles. The molecular formula is C15H13BrOS2. The molecule has 1 nitrogen and oxygen atoms in total. The normalized spacial score (nSPS) is 12.7. The Morgan fingerprint density at radius 3 is 2.89 bits per heavy atom. The van der Waals surface area contributed by atoms with E-state index < -0.39 is 0 Å². The fourth-order valence-corrected chi connectivity index (χ4v) is 4.93. The highest BCUT2D eigenvalue weighted by Crippen LogP contribution is 2.38. The van der Waals surface area contributed by atoms with Crippen LogP contribution in [0.2, 0.25) is 0 Å². The minimum atomic E-state index is 0.365. The average Bonchev–Trinajstić information content (AvgIpc) is 2.99. The van der Waals surface area contributed by atoms with Gasteiger partial charge in [0.1, 0.15) is 5.75 Å². The van der Waals surface area contributed by atoms with Crippen LogP contribution < -0.4 is 4.74 Å². The van der Waals surface area contributed by atoms with Crippen LogP contribution in [0.15, 0.2) is 41.8 Å². The van der Waals surface area contributed by atoms with Crippen LogP contribution in [0, 0.1) is 0 Å². The third-order valence-electron chi connectivity index (χ3n) is 3.02. The van der Waals surface area contributed by atoms with E-state index in [-0.39, 0.29) is 0 Å². The molecule has 3 rings (SSSR count). The zero-order chi connectivity index (χ0) is 13.2. The van der Waals surface area contributed by atoms with Gasteiger partial charge in [-0.15, -0.1) is 22.7 Å². The van der Waals surface area contributed by atoms with Crippen LogP contribution in [0.3, 0.4) is 0 Å². The Morgan fingerprint density at radius 2 is 2.11 bits per heavy atom. The van der Waals surface area contributed by atoms with E-state index in [4.69, 9.17) is 4.74 Å². The highest BCUT2D eigenvalue weighted by molar-refractivity contribution is 9.09. The molecule has 4 heteroatoms. The van der Waals surface area contributed by atoms with Crippen molar-refractivity contribution in [3.63, 3.8) is 0 Å². The van der Waals surface area contributed by atoms with Gasteiger partial charge in [-0.05, 0) is 41.6 Å². The summed E-state index contributed by atoms with van der Waals surface area (Å²) in [6.45, 7) is 0. The molecule has 0 bridgehead atoms. The summed E-state index contributed by atoms with van der Waals surface area (Å²) in [5.74, 6) is 0.921. The van der Waals surface area contributed by atoms with Crippen molar-refractivity contribution in [3.05, 3.63) is 52.2 Å². The van der Waals surface area contributed by atoms with E-state index in [0.717, 1.165) is 12.2 Å². The van der Waals surface area contributed by atoms with E-state index in [0.29, 0.717) is 4.83 Å². The summed E-state index contributed by atoms with van der Waals surface area (Å²) < 4.78 is 8.04. The first-order valence-corrected chi connectivity index (χ1v) is 8.61. The van der Waals surface area contributed by atoms with E-state index in [9.17, 15) is 0 Å². The first-order valence-electron chi connectivity index (χ1n) is 6.00. The van der Waals surface area contributed by atoms with Crippen LogP contribution in [0.5, 0.6) is 5.75 Å². The van der Waals surface area contributed by atoms with E-state index in [1.165, 1.54) is 19.8 Å². The lowest BCUT2D eigenvalue weighted by molar-refractivity contribution is 0.414. The molecule has 0 aliphatic carbocycles. The number of hydrogen-bond acceptors (Lipinski definition) is 3. The number of alkyl halides is 1. The summed E-state index contributed by atoms with van der Waals surface area (Å²) in [4.78, 5) is 1.76. The Labute approximate surface area is 129 Å². The van der Waals surface area contributed by atoms with Crippen molar-refractivity contribution in [2.75, 3.05) is 7.11 Å². The largest absolute Gasteiger partial charge is 0.497 e. The number of fused-ring (bicyclic) bond motifs is 1. The Balaban J connectivity index is 1.80. The first-order chi connectivity index (χ1) is 9.26. The van der Waals surface area contributed by atoms with Crippen molar-refractivity contribution in [1.82, 2.24) is 0 Å². The number of hydrogen-bond donors (Lipinski definition) is 0. The molecule has 0 N–H and O–H groups in total. The van der Waals surface area contributed by atoms with Crippen LogP contribution in [0.1, 0.15) is 15.3 Å². The van der Waals surface area contributed by atoms with Crippen molar-refractivity contribution in [2.45, 2.75) is 11.2 Å². The average molecular weight is 353 g/mol. The molecule has 2 heterocycles. The third-order valence-corrected chi connectivity index (χ3v) is 6.34. The van der Waals surface area contributed by atoms with Gasteiger partial charge in [-0.1, -0.05) is 28.1 Å². The van der Waals surface area contributed by atoms with Gasteiger partial charge < -0.3 is 4.74 Å². The molecule has 0 aliphatic heterocycles. The van der Waals surface area contributed by atoms with Crippen molar-refractivity contribution in [3.8, 4) is 5.75 Å². The Morgan fingerprint density at radius 1 is 1.21 bits per heavy atom. The van der Waals surface area contributed by atoms with Gasteiger partial charge in [0.25, 0.3) is 0 Å². The minimum absolute atomic E-state index is 0.365. The number of rotatable bonds is 4. The molecule has 0 spiro atoms. The van der Waals surface area contributed by atoms with Crippen molar-refractivity contribution >= 4 is 48.0 Å². The number of halogens is 1. The number of benzene rings is 1. The van der Waals surface area contributed by atoms with Gasteiger partial charge in [-0.25, -0.2) is 0 Å². The SMILES string of the molecule is COc1cccc(CC(Br)c2cc3sccc3s2)c1. The molecule has 19 heavy (non-hydrogen) atoms. The summed E-state index contributed by atoms with van der Waals surface area (Å²) >= 11 is 7.49. The topological polar surface area (TPSA) is 9.23 Å². The highest BCUT2D eigenvalue weighted by atomic mass is 79.9. The quantitative estimate of drug-likeness (QED) is 0.551. The summed E-state index contributed by atoms with van der Waals surface area (Å²) in [5.41, 5.74) is 1.29. The Hall–Kier alpha value is -0.840. The summed E-state index contributed by atoms with van der Waals surface area (Å²) in [6, 6.07) is 12.8. The maximum atomic E-state index is 5.27. The summed E-state index contributed by atoms with van der Waals surface area (Å²) in [7, 11) is 1.71. The maximum absolute atomic E-state index is 5.27. The van der Waals surface area contributed by atoms with Crippen molar-refractivity contribution in [2.24, 2.45) is 0 Å². The highest BCUT2D eigenvalue weighted by Gasteiger charge is 2.13. The standard InChI is InChI=1S/C15H13BrOS2/c1-17-11-4-2-3-10(7-11)8-12(16)14-9-15-13(19-14)5-6-18-15/h2-7,9,12H,8H2,1H3. The molecule has 0 radical (unpaired) electrons. The maximum Gasteiger partial charge on any atom is 0.119 e. The van der Waals surface area contributed by atoms with Crippen LogP contribution in [-0.4, -0.2) is 7.11 Å². The van der Waals surface area contributed by atoms with Gasteiger partial charge in [0.2, 0.25) is 0 Å². The minimum Gasteiger partial charge on any atom is -0.497 e. The fourth-order valence-electron chi connectivity index (χ4n) is 2.05. The van der Waals surface area contributed by atoms with Crippen LogP contribution in [0.25, 0.3) is 9.40 Å². The van der Waals surface area contributed by atoms with Crippen LogP contribution in [-0.2, 0) is 6.42 Å². The van der Waals surface area contributed by atoms with Gasteiger partial charge in [0, 0.05) is 14.3 Å². The molecule has 0 aliphatic rings. The zero-order valence-corrected chi connectivity index (χ0v) is 13.6. The molecule has 0 amide bonds. The predicted octanol–water partition coefficient (Wildman–Crippen LogP) is 5.65. The summed E-state index contributed by atoms with van der Waals surface area (Å²) in [6.07, 6.45) is 0.977. The van der Waals surface area contributed by atoms with Gasteiger partial charge >= 0.3 is 0 Å². The van der Waals surface area contributed by atoms with E-state index in [1.54, 1.807) is 7.11 Å². The smallest absolute Gasteiger partial charge is 0.119 e. The Bertz CT molecular complexity index is 658. The number of thiophene rings is 2. The van der Waals surface area contributed by atoms with E-state index in [1.807, 2.05) is 34.8 Å². The van der Waals surface area contributed by atoms with Gasteiger partial charge in [0.15, 0.2) is 0 Å². The zero-order valence-electron chi connectivity index (χ0n) is 10.4. The lowest BCUT2D eigenvalue weighted by Crippen LogP contribution is -1.93. The van der Waals surface area contributed by atoms with Crippen LogP contribution >= 0.6 is 38.6 Å². The van der Waals surface area contributed by atoms with Gasteiger partial charge in [-0.2, -0.15) is 0 Å². The molecule has 1 unspecified atom stereocenters. The second-order valence-electron chi connectivity index (χ2n) is 4.32. The Kier molecular flexibility index (Phi) is 3.91. The monoisotopic (exact) mass is 352 g/mol. The molecule has 0 saturated carbocycles. The van der Waals surface area contributed by atoms with E-state index in [2.05, 4.69) is 45.6 Å². The molecule has 1 atom stereocenters. The third kappa shape index (κ3) is 2.86. The molecule has 3 aromatic rings. The molecule has 98 valence electrons. The van der Waals surface area contributed by atoms with Crippen molar-refractivity contribution < 1.29 is 4.74 Å². The summed E-state index contributed by atoms with van der Waals surface area (Å²) in [5, 5.41) is 2.15. The van der Waals surface area contributed by atoms with Gasteiger partial charge in [0.05, 0.1) is 11.9 Å². The number of ether oxygens (including phenoxy) is 1. The van der Waals surface area contributed by atoms with Crippen molar-refractivity contribution in [1.29, 1.82) is 0 Å².